The Balaban J connectivity index is 1.68. The standard InChI is InChI=1S/C18H17N5O2/c1-25-22-12-14-5-7-15(8-6-14)18(24)20-13-16-4-2-9-19-17(16)23-11-3-10-21-23/h2-12H,13H2,1H3,(H,20,24)/b22-12+. The lowest BCUT2D eigenvalue weighted by molar-refractivity contribution is 0.0951. The minimum atomic E-state index is -0.162. The maximum absolute atomic E-state index is 12.3. The molecule has 0 unspecified atom stereocenters. The van der Waals surface area contributed by atoms with Crippen molar-refractivity contribution in [2.45, 2.75) is 6.54 Å². The van der Waals surface area contributed by atoms with Crippen molar-refractivity contribution < 1.29 is 9.63 Å². The average Bonchev–Trinajstić information content (AvgIpc) is 3.19. The van der Waals surface area contributed by atoms with Crippen LogP contribution in [0, 0.1) is 0 Å². The van der Waals surface area contributed by atoms with Gasteiger partial charge in [-0.05, 0) is 29.8 Å². The number of pyridine rings is 1. The molecule has 1 amide bonds. The summed E-state index contributed by atoms with van der Waals surface area (Å²) in [5.74, 6) is 0.532. The molecule has 7 nitrogen and oxygen atoms in total. The molecule has 0 saturated carbocycles. The number of oxime groups is 1. The van der Waals surface area contributed by atoms with Crippen molar-refractivity contribution in [2.75, 3.05) is 7.11 Å². The number of hydrogen-bond donors (Lipinski definition) is 1. The van der Waals surface area contributed by atoms with Gasteiger partial charge in [-0.2, -0.15) is 5.10 Å². The van der Waals surface area contributed by atoms with Crippen molar-refractivity contribution in [3.05, 3.63) is 77.7 Å². The van der Waals surface area contributed by atoms with Crippen LogP contribution in [0.5, 0.6) is 0 Å². The Bertz CT molecular complexity index is 857. The predicted molar refractivity (Wildman–Crippen MR) is 93.6 cm³/mol. The Hall–Kier alpha value is -3.48. The molecule has 1 N–H and O–H groups in total. The smallest absolute Gasteiger partial charge is 0.251 e. The van der Waals surface area contributed by atoms with Gasteiger partial charge in [-0.1, -0.05) is 23.4 Å². The zero-order chi connectivity index (χ0) is 17.5. The van der Waals surface area contributed by atoms with E-state index in [4.69, 9.17) is 0 Å². The predicted octanol–water partition coefficient (Wildman–Crippen LogP) is 2.18. The van der Waals surface area contributed by atoms with E-state index in [1.165, 1.54) is 7.11 Å². The van der Waals surface area contributed by atoms with Crippen LogP contribution in [-0.4, -0.2) is 34.0 Å². The molecule has 2 aromatic heterocycles. The van der Waals surface area contributed by atoms with E-state index in [2.05, 4.69) is 25.4 Å². The minimum Gasteiger partial charge on any atom is -0.399 e. The summed E-state index contributed by atoms with van der Waals surface area (Å²) < 4.78 is 1.67. The van der Waals surface area contributed by atoms with Gasteiger partial charge < -0.3 is 10.2 Å². The fourth-order valence-corrected chi connectivity index (χ4v) is 2.28. The van der Waals surface area contributed by atoms with Crippen molar-refractivity contribution in [1.82, 2.24) is 20.1 Å². The lowest BCUT2D eigenvalue weighted by Gasteiger charge is -2.10. The van der Waals surface area contributed by atoms with Crippen molar-refractivity contribution in [1.29, 1.82) is 0 Å². The third-order valence-electron chi connectivity index (χ3n) is 3.51. The van der Waals surface area contributed by atoms with E-state index in [-0.39, 0.29) is 5.91 Å². The van der Waals surface area contributed by atoms with Gasteiger partial charge in [0.1, 0.15) is 7.11 Å². The second kappa shape index (κ2) is 7.87. The Morgan fingerprint density at radius 1 is 1.24 bits per heavy atom. The molecule has 0 aliphatic heterocycles. The van der Waals surface area contributed by atoms with Crippen LogP contribution < -0.4 is 5.32 Å². The normalized spacial score (nSPS) is 10.8. The Morgan fingerprint density at radius 3 is 2.80 bits per heavy atom. The number of benzene rings is 1. The van der Waals surface area contributed by atoms with E-state index in [1.54, 1.807) is 47.6 Å². The van der Waals surface area contributed by atoms with Crippen molar-refractivity contribution in [2.24, 2.45) is 5.16 Å². The first kappa shape index (κ1) is 16.4. The molecule has 0 aliphatic rings. The van der Waals surface area contributed by atoms with E-state index in [0.717, 1.165) is 11.1 Å². The monoisotopic (exact) mass is 335 g/mol. The molecule has 0 bridgehead atoms. The number of carbonyl (C=O) groups is 1. The highest BCUT2D eigenvalue weighted by Gasteiger charge is 2.09. The first-order valence-corrected chi connectivity index (χ1v) is 7.66. The van der Waals surface area contributed by atoms with Gasteiger partial charge in [-0.15, -0.1) is 0 Å². The minimum absolute atomic E-state index is 0.162. The SMILES string of the molecule is CO/N=C/c1ccc(C(=O)NCc2cccnc2-n2cccn2)cc1. The van der Waals surface area contributed by atoms with Crippen molar-refractivity contribution in [3.8, 4) is 5.82 Å². The maximum atomic E-state index is 12.3. The Kier molecular flexibility index (Phi) is 5.16. The summed E-state index contributed by atoms with van der Waals surface area (Å²) in [6, 6.07) is 12.7. The Labute approximate surface area is 145 Å². The van der Waals surface area contributed by atoms with Gasteiger partial charge in [-0.3, -0.25) is 4.79 Å². The summed E-state index contributed by atoms with van der Waals surface area (Å²) >= 11 is 0. The molecule has 0 aliphatic carbocycles. The molecule has 126 valence electrons. The average molecular weight is 335 g/mol. The van der Waals surface area contributed by atoms with Crippen LogP contribution in [0.2, 0.25) is 0 Å². The van der Waals surface area contributed by atoms with Crippen LogP contribution in [0.3, 0.4) is 0 Å². The highest BCUT2D eigenvalue weighted by molar-refractivity contribution is 5.95. The second-order valence-corrected chi connectivity index (χ2v) is 5.16. The summed E-state index contributed by atoms with van der Waals surface area (Å²) in [6.07, 6.45) is 6.77. The zero-order valence-corrected chi connectivity index (χ0v) is 13.7. The second-order valence-electron chi connectivity index (χ2n) is 5.16. The highest BCUT2D eigenvalue weighted by atomic mass is 16.6. The van der Waals surface area contributed by atoms with E-state index >= 15 is 0 Å². The number of carbonyl (C=O) groups excluding carboxylic acids is 1. The molecule has 0 radical (unpaired) electrons. The van der Waals surface area contributed by atoms with Gasteiger partial charge in [0, 0.05) is 36.3 Å². The fourth-order valence-electron chi connectivity index (χ4n) is 2.28. The molecule has 7 heteroatoms. The molecule has 0 atom stereocenters. The van der Waals surface area contributed by atoms with E-state index in [9.17, 15) is 4.79 Å². The largest absolute Gasteiger partial charge is 0.399 e. The quantitative estimate of drug-likeness (QED) is 0.553. The van der Waals surface area contributed by atoms with Gasteiger partial charge in [0.05, 0.1) is 6.21 Å². The highest BCUT2D eigenvalue weighted by Crippen LogP contribution is 2.10. The lowest BCUT2D eigenvalue weighted by atomic mass is 10.1. The number of hydrogen-bond acceptors (Lipinski definition) is 5. The molecule has 1 aromatic carbocycles. The number of rotatable bonds is 6. The van der Waals surface area contributed by atoms with Gasteiger partial charge in [0.25, 0.3) is 5.91 Å². The number of amides is 1. The number of nitrogens with zero attached hydrogens (tertiary/aromatic N) is 4. The summed E-state index contributed by atoms with van der Waals surface area (Å²) in [7, 11) is 1.48. The molecule has 0 saturated heterocycles. The number of aromatic nitrogens is 3. The van der Waals surface area contributed by atoms with Crippen LogP contribution in [0.1, 0.15) is 21.5 Å². The van der Waals surface area contributed by atoms with Crippen LogP contribution in [0.4, 0.5) is 0 Å². The van der Waals surface area contributed by atoms with Crippen LogP contribution >= 0.6 is 0 Å². The Morgan fingerprint density at radius 2 is 2.08 bits per heavy atom. The molecule has 3 aromatic rings. The third kappa shape index (κ3) is 4.08. The van der Waals surface area contributed by atoms with Crippen LogP contribution in [0.25, 0.3) is 5.82 Å². The summed E-state index contributed by atoms with van der Waals surface area (Å²) in [5, 5.41) is 10.8. The molecular weight excluding hydrogens is 318 g/mol. The van der Waals surface area contributed by atoms with Crippen molar-refractivity contribution >= 4 is 12.1 Å². The third-order valence-corrected chi connectivity index (χ3v) is 3.51. The topological polar surface area (TPSA) is 81.4 Å². The summed E-state index contributed by atoms with van der Waals surface area (Å²) in [4.78, 5) is 21.3. The summed E-state index contributed by atoms with van der Waals surface area (Å²) in [5.41, 5.74) is 2.30. The molecule has 2 heterocycles. The maximum Gasteiger partial charge on any atom is 0.251 e. The van der Waals surface area contributed by atoms with Gasteiger partial charge >= 0.3 is 0 Å². The van der Waals surface area contributed by atoms with Gasteiger partial charge in [0.15, 0.2) is 5.82 Å². The first-order chi connectivity index (χ1) is 12.3. The van der Waals surface area contributed by atoms with Crippen LogP contribution in [0.15, 0.2) is 66.2 Å². The van der Waals surface area contributed by atoms with Gasteiger partial charge in [-0.25, -0.2) is 9.67 Å². The molecule has 0 fully saturated rings. The van der Waals surface area contributed by atoms with Gasteiger partial charge in [0.2, 0.25) is 0 Å². The first-order valence-electron chi connectivity index (χ1n) is 7.66. The molecule has 0 spiro atoms. The van der Waals surface area contributed by atoms with Crippen LogP contribution in [-0.2, 0) is 11.4 Å². The summed E-state index contributed by atoms with van der Waals surface area (Å²) in [6.45, 7) is 0.356. The molecule has 25 heavy (non-hydrogen) atoms. The van der Waals surface area contributed by atoms with E-state index in [1.807, 2.05) is 24.4 Å². The molecular formula is C18H17N5O2. The fraction of sp³-hybridized carbons (Fsp3) is 0.111. The zero-order valence-electron chi connectivity index (χ0n) is 13.7. The van der Waals surface area contributed by atoms with E-state index in [0.29, 0.717) is 17.9 Å². The molecule has 3 rings (SSSR count). The number of nitrogens with one attached hydrogen (secondary N) is 1. The lowest BCUT2D eigenvalue weighted by Crippen LogP contribution is -2.23. The van der Waals surface area contributed by atoms with Crippen molar-refractivity contribution in [3.63, 3.8) is 0 Å². The van der Waals surface area contributed by atoms with E-state index < -0.39 is 0 Å².